The highest BCUT2D eigenvalue weighted by Gasteiger charge is 2.03. The first-order valence-electron chi connectivity index (χ1n) is 6.36. The Labute approximate surface area is 118 Å². The van der Waals surface area contributed by atoms with Crippen molar-refractivity contribution in [3.8, 4) is 5.75 Å². The molecule has 1 aromatic carbocycles. The second-order valence-corrected chi connectivity index (χ2v) is 5.56. The maximum atomic E-state index is 8.71. The zero-order chi connectivity index (χ0) is 13.4. The smallest absolute Gasteiger partial charge is 0.119 e. The number of ether oxygens (including phenoxy) is 1. The van der Waals surface area contributed by atoms with Crippen LogP contribution < -0.4 is 10.1 Å². The van der Waals surface area contributed by atoms with Crippen molar-refractivity contribution >= 4 is 15.9 Å². The molecule has 0 bridgehead atoms. The molecule has 4 heteroatoms. The molecule has 0 saturated carbocycles. The number of benzene rings is 1. The lowest BCUT2D eigenvalue weighted by Gasteiger charge is -2.11. The zero-order valence-corrected chi connectivity index (χ0v) is 12.7. The number of hydrogen-bond donors (Lipinski definition) is 2. The minimum absolute atomic E-state index is 0.166. The van der Waals surface area contributed by atoms with Gasteiger partial charge in [0.2, 0.25) is 0 Å². The van der Waals surface area contributed by atoms with Crippen molar-refractivity contribution in [2.45, 2.75) is 26.8 Å². The third kappa shape index (κ3) is 5.85. The zero-order valence-electron chi connectivity index (χ0n) is 11.1. The Kier molecular flexibility index (Phi) is 7.32. The Hall–Kier alpha value is -0.580. The molecule has 0 radical (unpaired) electrons. The number of hydrogen-bond acceptors (Lipinski definition) is 3. The summed E-state index contributed by atoms with van der Waals surface area (Å²) in [7, 11) is 0. The van der Waals surface area contributed by atoms with Crippen molar-refractivity contribution in [2.24, 2.45) is 5.92 Å². The van der Waals surface area contributed by atoms with Crippen molar-refractivity contribution in [3.05, 3.63) is 28.2 Å². The summed E-state index contributed by atoms with van der Waals surface area (Å²) in [6.45, 7) is 6.93. The van der Waals surface area contributed by atoms with Crippen LogP contribution in [-0.4, -0.2) is 24.9 Å². The summed E-state index contributed by atoms with van der Waals surface area (Å²) in [4.78, 5) is 0. The van der Waals surface area contributed by atoms with Crippen LogP contribution in [0.15, 0.2) is 22.7 Å². The lowest BCUT2D eigenvalue weighted by Crippen LogP contribution is -2.19. The van der Waals surface area contributed by atoms with Crippen LogP contribution >= 0.6 is 15.9 Å². The molecule has 102 valence electrons. The van der Waals surface area contributed by atoms with Crippen molar-refractivity contribution in [1.82, 2.24) is 5.32 Å². The van der Waals surface area contributed by atoms with E-state index in [2.05, 4.69) is 35.1 Å². The normalized spacial score (nSPS) is 10.9. The van der Waals surface area contributed by atoms with Crippen LogP contribution in [0.25, 0.3) is 0 Å². The largest absolute Gasteiger partial charge is 0.493 e. The van der Waals surface area contributed by atoms with E-state index in [0.717, 1.165) is 23.3 Å². The standard InChI is InChI=1S/C14H22BrNO2/c1-11(2)9-16-10-12-8-13(4-5-14(12)15)18-7-3-6-17/h4-5,8,11,16-17H,3,6-7,9-10H2,1-2H3. The maximum Gasteiger partial charge on any atom is 0.119 e. The Balaban J connectivity index is 2.52. The summed E-state index contributed by atoms with van der Waals surface area (Å²) < 4.78 is 6.65. The summed E-state index contributed by atoms with van der Waals surface area (Å²) in [5, 5.41) is 12.1. The molecular formula is C14H22BrNO2. The van der Waals surface area contributed by atoms with E-state index < -0.39 is 0 Å². The molecule has 1 aromatic rings. The average molecular weight is 316 g/mol. The highest BCUT2D eigenvalue weighted by atomic mass is 79.9. The number of aliphatic hydroxyl groups excluding tert-OH is 1. The molecule has 2 N–H and O–H groups in total. The molecule has 18 heavy (non-hydrogen) atoms. The van der Waals surface area contributed by atoms with Crippen molar-refractivity contribution in [3.63, 3.8) is 0 Å². The lowest BCUT2D eigenvalue weighted by atomic mass is 10.2. The minimum Gasteiger partial charge on any atom is -0.493 e. The Morgan fingerprint density at radius 1 is 1.39 bits per heavy atom. The van der Waals surface area contributed by atoms with Crippen LogP contribution in [0.2, 0.25) is 0 Å². The number of nitrogens with one attached hydrogen (secondary N) is 1. The fraction of sp³-hybridized carbons (Fsp3) is 0.571. The fourth-order valence-electron chi connectivity index (χ4n) is 1.53. The van der Waals surface area contributed by atoms with Gasteiger partial charge in [-0.25, -0.2) is 0 Å². The number of aliphatic hydroxyl groups is 1. The number of halogens is 1. The van der Waals surface area contributed by atoms with Crippen LogP contribution in [0.5, 0.6) is 5.75 Å². The van der Waals surface area contributed by atoms with Gasteiger partial charge < -0.3 is 15.2 Å². The van der Waals surface area contributed by atoms with Gasteiger partial charge in [-0.15, -0.1) is 0 Å². The molecule has 0 atom stereocenters. The van der Waals surface area contributed by atoms with E-state index in [4.69, 9.17) is 9.84 Å². The molecule has 0 spiro atoms. The predicted molar refractivity (Wildman–Crippen MR) is 77.9 cm³/mol. The van der Waals surface area contributed by atoms with E-state index >= 15 is 0 Å². The molecule has 0 aromatic heterocycles. The van der Waals surface area contributed by atoms with E-state index in [9.17, 15) is 0 Å². The highest BCUT2D eigenvalue weighted by molar-refractivity contribution is 9.10. The maximum absolute atomic E-state index is 8.71. The van der Waals surface area contributed by atoms with Gasteiger partial charge in [0.25, 0.3) is 0 Å². The van der Waals surface area contributed by atoms with Crippen molar-refractivity contribution in [2.75, 3.05) is 19.8 Å². The van der Waals surface area contributed by atoms with Crippen LogP contribution in [0.3, 0.4) is 0 Å². The minimum atomic E-state index is 0.166. The predicted octanol–water partition coefficient (Wildman–Crippen LogP) is 2.96. The summed E-state index contributed by atoms with van der Waals surface area (Å²) in [5.74, 6) is 1.50. The van der Waals surface area contributed by atoms with E-state index in [1.807, 2.05) is 18.2 Å². The lowest BCUT2D eigenvalue weighted by molar-refractivity contribution is 0.233. The Morgan fingerprint density at radius 2 is 2.17 bits per heavy atom. The van der Waals surface area contributed by atoms with E-state index in [1.54, 1.807) is 0 Å². The average Bonchev–Trinajstić information content (AvgIpc) is 2.33. The molecule has 0 aliphatic carbocycles. The molecular weight excluding hydrogens is 294 g/mol. The molecule has 0 saturated heterocycles. The molecule has 0 heterocycles. The molecule has 1 rings (SSSR count). The SMILES string of the molecule is CC(C)CNCc1cc(OCCCO)ccc1Br. The van der Waals surface area contributed by atoms with Crippen LogP contribution in [0, 0.1) is 5.92 Å². The first-order chi connectivity index (χ1) is 8.63. The van der Waals surface area contributed by atoms with Gasteiger partial charge in [0, 0.05) is 24.0 Å². The van der Waals surface area contributed by atoms with Crippen LogP contribution in [0.4, 0.5) is 0 Å². The van der Waals surface area contributed by atoms with Gasteiger partial charge in [0.05, 0.1) is 6.61 Å². The van der Waals surface area contributed by atoms with Gasteiger partial charge in [-0.2, -0.15) is 0 Å². The summed E-state index contributed by atoms with van der Waals surface area (Å²) in [5.41, 5.74) is 1.19. The number of rotatable bonds is 8. The molecule has 0 fully saturated rings. The second-order valence-electron chi connectivity index (χ2n) is 4.70. The van der Waals surface area contributed by atoms with E-state index in [0.29, 0.717) is 18.9 Å². The second kappa shape index (κ2) is 8.51. The van der Waals surface area contributed by atoms with Gasteiger partial charge in [0.1, 0.15) is 5.75 Å². The van der Waals surface area contributed by atoms with Gasteiger partial charge in [0.15, 0.2) is 0 Å². The first-order valence-corrected chi connectivity index (χ1v) is 7.15. The van der Waals surface area contributed by atoms with E-state index in [1.165, 1.54) is 5.56 Å². The van der Waals surface area contributed by atoms with Crippen LogP contribution in [0.1, 0.15) is 25.8 Å². The third-order valence-corrected chi connectivity index (χ3v) is 3.23. The monoisotopic (exact) mass is 315 g/mol. The quantitative estimate of drug-likeness (QED) is 0.725. The fourth-order valence-corrected chi connectivity index (χ4v) is 1.91. The topological polar surface area (TPSA) is 41.5 Å². The summed E-state index contributed by atoms with van der Waals surface area (Å²) in [6, 6.07) is 5.98. The summed E-state index contributed by atoms with van der Waals surface area (Å²) >= 11 is 3.54. The van der Waals surface area contributed by atoms with Gasteiger partial charge in [-0.1, -0.05) is 29.8 Å². The Morgan fingerprint density at radius 3 is 2.83 bits per heavy atom. The summed E-state index contributed by atoms with van der Waals surface area (Å²) in [6.07, 6.45) is 0.664. The molecule has 0 aliphatic rings. The van der Waals surface area contributed by atoms with Gasteiger partial charge >= 0.3 is 0 Å². The van der Waals surface area contributed by atoms with Crippen molar-refractivity contribution in [1.29, 1.82) is 0 Å². The van der Waals surface area contributed by atoms with Gasteiger partial charge in [-0.3, -0.25) is 0 Å². The first kappa shape index (κ1) is 15.5. The van der Waals surface area contributed by atoms with E-state index in [-0.39, 0.29) is 6.61 Å². The molecule has 3 nitrogen and oxygen atoms in total. The molecule has 0 unspecified atom stereocenters. The third-order valence-electron chi connectivity index (χ3n) is 2.46. The Bertz CT molecular complexity index is 356. The molecule has 0 amide bonds. The highest BCUT2D eigenvalue weighted by Crippen LogP contribution is 2.22. The van der Waals surface area contributed by atoms with Crippen molar-refractivity contribution < 1.29 is 9.84 Å². The van der Waals surface area contributed by atoms with Crippen LogP contribution in [-0.2, 0) is 6.54 Å². The van der Waals surface area contributed by atoms with Gasteiger partial charge in [-0.05, 0) is 36.2 Å². The molecule has 0 aliphatic heterocycles.